The first kappa shape index (κ1) is 31.0. The first-order valence-corrected chi connectivity index (χ1v) is 12.5. The van der Waals surface area contributed by atoms with Crippen molar-refractivity contribution in [2.24, 2.45) is 0 Å². The topological polar surface area (TPSA) is 138 Å². The molecule has 2 rings (SSSR count). The quantitative estimate of drug-likeness (QED) is 0.255. The minimum atomic E-state index is -0.380. The van der Waals surface area contributed by atoms with E-state index in [1.807, 2.05) is 19.7 Å². The van der Waals surface area contributed by atoms with Gasteiger partial charge in [0.25, 0.3) is 0 Å². The summed E-state index contributed by atoms with van der Waals surface area (Å²) in [5.74, 6) is -1.32. The molecule has 1 fully saturated rings. The normalized spacial score (nSPS) is 17.1. The summed E-state index contributed by atoms with van der Waals surface area (Å²) in [5, 5.41) is 3.48. The maximum atomic E-state index is 12.8. The van der Waals surface area contributed by atoms with Crippen LogP contribution < -0.4 is 10.7 Å². The van der Waals surface area contributed by atoms with E-state index in [9.17, 15) is 19.2 Å². The number of carbonyl (C=O) groups excluding carboxylic acids is 4. The maximum absolute atomic E-state index is 12.8. The van der Waals surface area contributed by atoms with Crippen LogP contribution in [0.15, 0.2) is 24.3 Å². The number of carbonyl (C=O) groups is 4. The lowest BCUT2D eigenvalue weighted by atomic mass is 10.2. The highest BCUT2D eigenvalue weighted by Gasteiger charge is 2.25. The highest BCUT2D eigenvalue weighted by atomic mass is 16.5. The number of hydrogen-bond donors (Lipinski definition) is 1. The molecule has 0 aromatic heterocycles. The number of ether oxygens (including phenoxy) is 3. The van der Waals surface area contributed by atoms with Crippen LogP contribution in [0, 0.1) is 0 Å². The monoisotopic (exact) mass is 536 g/mol. The summed E-state index contributed by atoms with van der Waals surface area (Å²) in [4.78, 5) is 54.9. The van der Waals surface area contributed by atoms with Crippen molar-refractivity contribution in [3.63, 3.8) is 0 Å². The molecule has 212 valence electrons. The average Bonchev–Trinajstić information content (AvgIpc) is 2.90. The number of hydrazine groups is 1. The van der Waals surface area contributed by atoms with E-state index in [0.717, 1.165) is 0 Å². The molecule has 0 bridgehead atoms. The van der Waals surface area contributed by atoms with Crippen molar-refractivity contribution in [3.8, 4) is 0 Å². The Morgan fingerprint density at radius 1 is 0.684 bits per heavy atom. The predicted molar refractivity (Wildman–Crippen MR) is 141 cm³/mol. The molecule has 1 aliphatic rings. The summed E-state index contributed by atoms with van der Waals surface area (Å²) in [6.07, 6.45) is 0. The van der Waals surface area contributed by atoms with E-state index in [4.69, 9.17) is 19.9 Å². The van der Waals surface area contributed by atoms with Gasteiger partial charge in [-0.3, -0.25) is 33.9 Å². The fraction of sp³-hybridized carbons (Fsp3) is 0.600. The molecular weight excluding hydrogens is 496 g/mol. The van der Waals surface area contributed by atoms with Crippen LogP contribution >= 0.6 is 0 Å². The number of nitrogens with zero attached hydrogens (tertiary/aromatic N) is 5. The summed E-state index contributed by atoms with van der Waals surface area (Å²) in [7, 11) is 4.01. The van der Waals surface area contributed by atoms with Crippen LogP contribution in [-0.2, 0) is 33.4 Å². The first-order chi connectivity index (χ1) is 18.2. The number of anilines is 2. The van der Waals surface area contributed by atoms with E-state index in [1.165, 1.54) is 28.3 Å². The lowest BCUT2D eigenvalue weighted by molar-refractivity contribution is -0.144. The first-order valence-electron chi connectivity index (χ1n) is 12.5. The second kappa shape index (κ2) is 15.9. The standard InChI is InChI=1S/C25H40N6O7/c1-20(32)31(22-7-5-21(26)6-8-22)30-15-13-28(18-24(34)37-3)11-9-27(17-23(33)36-2)10-12-29(14-16-30)19-25(35)38-4/h5-8H,9-19,26H2,1-4H3. The van der Waals surface area contributed by atoms with E-state index in [2.05, 4.69) is 0 Å². The summed E-state index contributed by atoms with van der Waals surface area (Å²) in [6.45, 7) is 5.28. The van der Waals surface area contributed by atoms with Gasteiger partial charge in [0.1, 0.15) is 0 Å². The molecule has 1 amide bonds. The number of benzene rings is 1. The largest absolute Gasteiger partial charge is 0.468 e. The third-order valence-electron chi connectivity index (χ3n) is 6.27. The lowest BCUT2D eigenvalue weighted by Gasteiger charge is -2.38. The zero-order valence-electron chi connectivity index (χ0n) is 22.8. The Balaban J connectivity index is 2.35. The highest BCUT2D eigenvalue weighted by molar-refractivity contribution is 5.90. The average molecular weight is 537 g/mol. The summed E-state index contributed by atoms with van der Waals surface area (Å²) < 4.78 is 14.6. The van der Waals surface area contributed by atoms with Crippen LogP contribution in [0.3, 0.4) is 0 Å². The van der Waals surface area contributed by atoms with E-state index in [1.54, 1.807) is 29.3 Å². The van der Waals surface area contributed by atoms with Crippen molar-refractivity contribution in [2.75, 3.05) is 104 Å². The van der Waals surface area contributed by atoms with Crippen molar-refractivity contribution < 1.29 is 33.4 Å². The SMILES string of the molecule is COC(=O)CN1CCN(CC(=O)OC)CCN(N(C(C)=O)c2ccc(N)cc2)CCN(CC(=O)OC)CC1. The molecule has 0 aliphatic carbocycles. The predicted octanol–water partition coefficient (Wildman–Crippen LogP) is -0.723. The van der Waals surface area contributed by atoms with E-state index < -0.39 is 0 Å². The summed E-state index contributed by atoms with van der Waals surface area (Å²) in [6, 6.07) is 7.00. The van der Waals surface area contributed by atoms with Gasteiger partial charge in [-0.25, -0.2) is 10.0 Å². The summed E-state index contributed by atoms with van der Waals surface area (Å²) >= 11 is 0. The molecule has 0 unspecified atom stereocenters. The number of nitrogens with two attached hydrogens (primary N) is 1. The number of amides is 1. The van der Waals surface area contributed by atoms with Crippen molar-refractivity contribution >= 4 is 35.2 Å². The van der Waals surface area contributed by atoms with Crippen LogP contribution in [-0.4, -0.2) is 137 Å². The summed E-state index contributed by atoms with van der Waals surface area (Å²) in [5.41, 5.74) is 7.09. The van der Waals surface area contributed by atoms with Crippen LogP contribution in [0.1, 0.15) is 6.92 Å². The van der Waals surface area contributed by atoms with E-state index in [-0.39, 0.29) is 43.4 Å². The number of rotatable bonds is 8. The van der Waals surface area contributed by atoms with Gasteiger partial charge in [0, 0.05) is 65.0 Å². The number of hydrogen-bond acceptors (Lipinski definition) is 12. The lowest BCUT2D eigenvalue weighted by Crippen LogP contribution is -2.54. The maximum Gasteiger partial charge on any atom is 0.319 e. The van der Waals surface area contributed by atoms with Crippen LogP contribution in [0.2, 0.25) is 0 Å². The third-order valence-corrected chi connectivity index (χ3v) is 6.27. The van der Waals surface area contributed by atoms with Gasteiger partial charge in [0.2, 0.25) is 5.91 Å². The Morgan fingerprint density at radius 2 is 1.03 bits per heavy atom. The van der Waals surface area contributed by atoms with Gasteiger partial charge in [-0.15, -0.1) is 0 Å². The number of methoxy groups -OCH3 is 3. The number of esters is 3. The van der Waals surface area contributed by atoms with E-state index in [0.29, 0.717) is 63.7 Å². The molecule has 13 nitrogen and oxygen atoms in total. The zero-order valence-corrected chi connectivity index (χ0v) is 22.8. The van der Waals surface area contributed by atoms with Gasteiger partial charge in [0.15, 0.2) is 0 Å². The molecular formula is C25H40N6O7. The van der Waals surface area contributed by atoms with Crippen molar-refractivity contribution in [1.29, 1.82) is 0 Å². The molecule has 2 N–H and O–H groups in total. The van der Waals surface area contributed by atoms with Gasteiger partial charge < -0.3 is 19.9 Å². The molecule has 0 atom stereocenters. The molecule has 1 heterocycles. The molecule has 1 aromatic carbocycles. The van der Waals surface area contributed by atoms with Gasteiger partial charge >= 0.3 is 17.9 Å². The Hall–Kier alpha value is -3.26. The molecule has 1 aromatic rings. The molecule has 0 spiro atoms. The second-order valence-corrected chi connectivity index (χ2v) is 8.93. The molecule has 38 heavy (non-hydrogen) atoms. The van der Waals surface area contributed by atoms with Crippen molar-refractivity contribution in [1.82, 2.24) is 19.7 Å². The molecule has 0 saturated carbocycles. The van der Waals surface area contributed by atoms with Gasteiger partial charge in [-0.05, 0) is 24.3 Å². The Morgan fingerprint density at radius 3 is 1.34 bits per heavy atom. The van der Waals surface area contributed by atoms with Crippen LogP contribution in [0.5, 0.6) is 0 Å². The van der Waals surface area contributed by atoms with Gasteiger partial charge in [-0.1, -0.05) is 0 Å². The molecule has 0 radical (unpaired) electrons. The van der Waals surface area contributed by atoms with Gasteiger partial charge in [0.05, 0.1) is 46.7 Å². The Bertz CT molecular complexity index is 895. The third kappa shape index (κ3) is 10.2. The molecule has 13 heteroatoms. The zero-order chi connectivity index (χ0) is 28.1. The molecule has 1 aliphatic heterocycles. The minimum absolute atomic E-state index is 0.0623. The highest BCUT2D eigenvalue weighted by Crippen LogP contribution is 2.19. The van der Waals surface area contributed by atoms with Crippen LogP contribution in [0.25, 0.3) is 0 Å². The fourth-order valence-corrected chi connectivity index (χ4v) is 4.10. The second-order valence-electron chi connectivity index (χ2n) is 8.93. The minimum Gasteiger partial charge on any atom is -0.468 e. The van der Waals surface area contributed by atoms with Crippen molar-refractivity contribution in [3.05, 3.63) is 24.3 Å². The van der Waals surface area contributed by atoms with Gasteiger partial charge in [-0.2, -0.15) is 0 Å². The Kier molecular flexibility index (Phi) is 12.9. The number of nitrogen functional groups attached to an aromatic ring is 1. The molecule has 1 saturated heterocycles. The van der Waals surface area contributed by atoms with Crippen LogP contribution in [0.4, 0.5) is 11.4 Å². The Labute approximate surface area is 223 Å². The smallest absolute Gasteiger partial charge is 0.319 e. The van der Waals surface area contributed by atoms with E-state index >= 15 is 0 Å². The fourth-order valence-electron chi connectivity index (χ4n) is 4.10. The van der Waals surface area contributed by atoms with Crippen molar-refractivity contribution in [2.45, 2.75) is 6.92 Å².